The van der Waals surface area contributed by atoms with Crippen molar-refractivity contribution in [3.63, 3.8) is 0 Å². The first kappa shape index (κ1) is 8.78. The minimum Gasteiger partial charge on any atom is -0.258 e. The Morgan fingerprint density at radius 3 is 2.75 bits per heavy atom. The van der Waals surface area contributed by atoms with Crippen LogP contribution in [0.25, 0.3) is 0 Å². The summed E-state index contributed by atoms with van der Waals surface area (Å²) >= 11 is 0. The lowest BCUT2D eigenvalue weighted by Gasteiger charge is -2.00. The second-order valence-corrected chi connectivity index (χ2v) is 2.50. The van der Waals surface area contributed by atoms with Crippen molar-refractivity contribution in [1.82, 2.24) is 0 Å². The van der Waals surface area contributed by atoms with Gasteiger partial charge in [-0.2, -0.15) is 0 Å². The summed E-state index contributed by atoms with van der Waals surface area (Å²) in [6, 6.07) is 4.61. The van der Waals surface area contributed by atoms with Crippen LogP contribution >= 0.6 is 0 Å². The van der Waals surface area contributed by atoms with E-state index in [1.807, 2.05) is 6.92 Å². The zero-order valence-corrected chi connectivity index (χ0v) is 6.78. The van der Waals surface area contributed by atoms with Gasteiger partial charge in [0.05, 0.1) is 4.92 Å². The first-order valence-electron chi connectivity index (χ1n) is 3.68. The van der Waals surface area contributed by atoms with Gasteiger partial charge in [-0.25, -0.2) is 0 Å². The average molecular weight is 161 g/mol. The predicted octanol–water partition coefficient (Wildman–Crippen LogP) is 0.951. The molecule has 1 aromatic carbocycles. The molecule has 0 fully saturated rings. The van der Waals surface area contributed by atoms with Crippen molar-refractivity contribution in [2.45, 2.75) is 13.3 Å². The molecule has 60 valence electrons. The van der Waals surface area contributed by atoms with E-state index in [0.717, 1.165) is 0 Å². The monoisotopic (exact) mass is 161 g/mol. The number of nitro benzene ring substituents is 1. The molecule has 2 radical (unpaired) electrons. The summed E-state index contributed by atoms with van der Waals surface area (Å²) in [5.74, 6) is 0. The summed E-state index contributed by atoms with van der Waals surface area (Å²) < 4.78 is 0. The fourth-order valence-electron chi connectivity index (χ4n) is 1.07. The zero-order valence-electron chi connectivity index (χ0n) is 6.78. The summed E-state index contributed by atoms with van der Waals surface area (Å²) in [4.78, 5) is 10.1. The van der Waals surface area contributed by atoms with Crippen LogP contribution in [0.5, 0.6) is 0 Å². The molecule has 0 N–H and O–H groups in total. The highest BCUT2D eigenvalue weighted by atomic mass is 16.6. The molecule has 0 aromatic heterocycles. The molecule has 0 atom stereocenters. The zero-order chi connectivity index (χ0) is 9.14. The van der Waals surface area contributed by atoms with E-state index < -0.39 is 4.92 Å². The van der Waals surface area contributed by atoms with Crippen LogP contribution in [0.1, 0.15) is 12.5 Å². The van der Waals surface area contributed by atoms with Crippen LogP contribution in [0.4, 0.5) is 5.69 Å². The molecular weight excluding hydrogens is 153 g/mol. The van der Waals surface area contributed by atoms with Gasteiger partial charge in [-0.1, -0.05) is 24.5 Å². The van der Waals surface area contributed by atoms with Crippen molar-refractivity contribution in [3.8, 4) is 0 Å². The molecular formula is C8H8BNO2. The Labute approximate surface area is 72.0 Å². The van der Waals surface area contributed by atoms with Crippen LogP contribution in [0.15, 0.2) is 18.2 Å². The molecule has 0 saturated carbocycles. The van der Waals surface area contributed by atoms with Crippen LogP contribution in [0, 0.1) is 10.1 Å². The van der Waals surface area contributed by atoms with Gasteiger partial charge in [-0.15, -0.1) is 0 Å². The first-order valence-corrected chi connectivity index (χ1v) is 3.68. The van der Waals surface area contributed by atoms with Gasteiger partial charge in [0.25, 0.3) is 5.69 Å². The van der Waals surface area contributed by atoms with Crippen LogP contribution in [0.2, 0.25) is 0 Å². The number of nitrogens with zero attached hydrogens (tertiary/aromatic N) is 1. The van der Waals surface area contributed by atoms with Gasteiger partial charge in [0, 0.05) is 11.6 Å². The van der Waals surface area contributed by atoms with Crippen molar-refractivity contribution in [3.05, 3.63) is 33.9 Å². The van der Waals surface area contributed by atoms with Crippen LogP contribution in [0.3, 0.4) is 0 Å². The first-order chi connectivity index (χ1) is 5.65. The molecule has 3 nitrogen and oxygen atoms in total. The minimum atomic E-state index is -0.391. The van der Waals surface area contributed by atoms with E-state index in [4.69, 9.17) is 7.85 Å². The molecule has 4 heteroatoms. The van der Waals surface area contributed by atoms with Gasteiger partial charge in [-0.05, 0) is 6.42 Å². The Bertz CT molecular complexity index is 312. The number of hydrogen-bond donors (Lipinski definition) is 0. The third-order valence-corrected chi connectivity index (χ3v) is 1.68. The molecule has 1 aromatic rings. The fraction of sp³-hybridized carbons (Fsp3) is 0.250. The number of hydrogen-bond acceptors (Lipinski definition) is 2. The lowest BCUT2D eigenvalue weighted by molar-refractivity contribution is -0.385. The Hall–Kier alpha value is -1.32. The summed E-state index contributed by atoms with van der Waals surface area (Å²) in [5.41, 5.74) is 1.39. The summed E-state index contributed by atoms with van der Waals surface area (Å²) in [6.45, 7) is 1.86. The summed E-state index contributed by atoms with van der Waals surface area (Å²) in [5, 5.41) is 10.5. The Morgan fingerprint density at radius 2 is 2.25 bits per heavy atom. The second kappa shape index (κ2) is 3.39. The maximum Gasteiger partial charge on any atom is 0.272 e. The van der Waals surface area contributed by atoms with E-state index in [-0.39, 0.29) is 5.69 Å². The largest absolute Gasteiger partial charge is 0.272 e. The molecule has 0 bridgehead atoms. The molecule has 0 saturated heterocycles. The highest BCUT2D eigenvalue weighted by Gasteiger charge is 2.10. The quantitative estimate of drug-likeness (QED) is 0.368. The van der Waals surface area contributed by atoms with Gasteiger partial charge >= 0.3 is 0 Å². The van der Waals surface area contributed by atoms with Crippen molar-refractivity contribution in [2.24, 2.45) is 0 Å². The van der Waals surface area contributed by atoms with Crippen molar-refractivity contribution in [2.75, 3.05) is 0 Å². The van der Waals surface area contributed by atoms with E-state index in [0.29, 0.717) is 17.4 Å². The molecule has 0 aliphatic heterocycles. The minimum absolute atomic E-state index is 0.145. The predicted molar refractivity (Wildman–Crippen MR) is 47.9 cm³/mol. The third-order valence-electron chi connectivity index (χ3n) is 1.68. The number of nitro groups is 1. The fourth-order valence-corrected chi connectivity index (χ4v) is 1.07. The van der Waals surface area contributed by atoms with E-state index >= 15 is 0 Å². The van der Waals surface area contributed by atoms with Gasteiger partial charge in [0.1, 0.15) is 7.85 Å². The van der Waals surface area contributed by atoms with E-state index in [1.165, 1.54) is 12.1 Å². The standard InChI is InChI=1S/C8H8BNO2/c1-2-6-5-7(9)3-4-8(6)10(11)12/h3-5H,2H2,1H3. The normalized spacial score (nSPS) is 9.75. The van der Waals surface area contributed by atoms with Gasteiger partial charge < -0.3 is 0 Å². The lowest BCUT2D eigenvalue weighted by atomic mass is 9.93. The van der Waals surface area contributed by atoms with Crippen LogP contribution < -0.4 is 5.46 Å². The Balaban J connectivity index is 3.20. The molecule has 0 aliphatic rings. The number of benzene rings is 1. The number of aryl methyl sites for hydroxylation is 1. The second-order valence-electron chi connectivity index (χ2n) is 2.50. The van der Waals surface area contributed by atoms with E-state index in [9.17, 15) is 10.1 Å². The topological polar surface area (TPSA) is 43.1 Å². The molecule has 0 aliphatic carbocycles. The summed E-state index contributed by atoms with van der Waals surface area (Å²) in [7, 11) is 5.48. The molecule has 0 amide bonds. The Morgan fingerprint density at radius 1 is 1.58 bits per heavy atom. The maximum atomic E-state index is 10.5. The van der Waals surface area contributed by atoms with Crippen LogP contribution in [-0.2, 0) is 6.42 Å². The van der Waals surface area contributed by atoms with Crippen LogP contribution in [-0.4, -0.2) is 12.8 Å². The summed E-state index contributed by atoms with van der Waals surface area (Å²) in [6.07, 6.45) is 0.626. The van der Waals surface area contributed by atoms with Crippen molar-refractivity contribution < 1.29 is 4.92 Å². The molecule has 0 unspecified atom stereocenters. The van der Waals surface area contributed by atoms with E-state index in [1.54, 1.807) is 6.07 Å². The molecule has 12 heavy (non-hydrogen) atoms. The van der Waals surface area contributed by atoms with Crippen molar-refractivity contribution >= 4 is 19.0 Å². The lowest BCUT2D eigenvalue weighted by Crippen LogP contribution is -2.05. The maximum absolute atomic E-state index is 10.5. The highest BCUT2D eigenvalue weighted by molar-refractivity contribution is 6.32. The molecule has 0 spiro atoms. The van der Waals surface area contributed by atoms with Crippen molar-refractivity contribution in [1.29, 1.82) is 0 Å². The molecule has 1 rings (SSSR count). The number of rotatable bonds is 2. The van der Waals surface area contributed by atoms with Gasteiger partial charge in [-0.3, -0.25) is 10.1 Å². The van der Waals surface area contributed by atoms with Gasteiger partial charge in [0.15, 0.2) is 0 Å². The molecule has 0 heterocycles. The smallest absolute Gasteiger partial charge is 0.258 e. The third kappa shape index (κ3) is 1.64. The highest BCUT2D eigenvalue weighted by Crippen LogP contribution is 2.16. The van der Waals surface area contributed by atoms with Gasteiger partial charge in [0.2, 0.25) is 0 Å². The Kier molecular flexibility index (Phi) is 2.48. The SMILES string of the molecule is [B]c1ccc([N+](=O)[O-])c(CC)c1. The average Bonchev–Trinajstić information content (AvgIpc) is 2.03. The van der Waals surface area contributed by atoms with E-state index in [2.05, 4.69) is 0 Å².